The lowest BCUT2D eigenvalue weighted by Crippen LogP contribution is -2.55. The van der Waals surface area contributed by atoms with Crippen LogP contribution in [0.3, 0.4) is 0 Å². The molecule has 1 aromatic carbocycles. The molecule has 1 aliphatic heterocycles. The lowest BCUT2D eigenvalue weighted by molar-refractivity contribution is -0.134. The van der Waals surface area contributed by atoms with E-state index in [2.05, 4.69) is 4.98 Å². The van der Waals surface area contributed by atoms with Gasteiger partial charge in [-0.2, -0.15) is 5.26 Å². The summed E-state index contributed by atoms with van der Waals surface area (Å²) < 4.78 is 5.65. The molecule has 0 bridgehead atoms. The Morgan fingerprint density at radius 3 is 2.79 bits per heavy atom. The van der Waals surface area contributed by atoms with Crippen molar-refractivity contribution in [2.75, 3.05) is 13.1 Å². The van der Waals surface area contributed by atoms with E-state index in [9.17, 15) is 4.79 Å². The predicted molar refractivity (Wildman–Crippen MR) is 90.4 cm³/mol. The first-order chi connectivity index (χ1) is 11.6. The maximum absolute atomic E-state index is 12.1. The van der Waals surface area contributed by atoms with Crippen molar-refractivity contribution in [1.29, 1.82) is 5.26 Å². The van der Waals surface area contributed by atoms with Crippen molar-refractivity contribution in [3.63, 3.8) is 0 Å². The molecule has 1 amide bonds. The molecule has 0 N–H and O–H groups in total. The third kappa shape index (κ3) is 3.92. The number of rotatable bonds is 4. The molecule has 1 fully saturated rings. The quantitative estimate of drug-likeness (QED) is 0.803. The van der Waals surface area contributed by atoms with Crippen LogP contribution in [-0.4, -0.2) is 35.0 Å². The Labute approximate surface area is 144 Å². The molecule has 24 heavy (non-hydrogen) atoms. The number of aromatic nitrogens is 1. The lowest BCUT2D eigenvalue weighted by Gasteiger charge is -2.38. The molecule has 6 heteroatoms. The van der Waals surface area contributed by atoms with Gasteiger partial charge >= 0.3 is 0 Å². The molecular formula is C18H14ClN3O2. The zero-order valence-corrected chi connectivity index (χ0v) is 13.5. The molecular weight excluding hydrogens is 326 g/mol. The first-order valence-corrected chi connectivity index (χ1v) is 7.77. The maximum Gasteiger partial charge on any atom is 0.246 e. The van der Waals surface area contributed by atoms with Gasteiger partial charge in [0.15, 0.2) is 0 Å². The second-order valence-corrected chi connectivity index (χ2v) is 5.80. The van der Waals surface area contributed by atoms with E-state index in [1.54, 1.807) is 35.2 Å². The number of nitriles is 1. The summed E-state index contributed by atoms with van der Waals surface area (Å²) in [7, 11) is 0. The number of likely N-dealkylation sites (tertiary alicyclic amines) is 1. The summed E-state index contributed by atoms with van der Waals surface area (Å²) in [5.74, 6) is 0.339. The van der Waals surface area contributed by atoms with Gasteiger partial charge in [0.25, 0.3) is 0 Å². The van der Waals surface area contributed by atoms with Crippen molar-refractivity contribution < 1.29 is 9.53 Å². The number of pyridine rings is 1. The van der Waals surface area contributed by atoms with Crippen LogP contribution in [0.2, 0.25) is 5.02 Å². The summed E-state index contributed by atoms with van der Waals surface area (Å²) in [6.45, 7) is 1.00. The number of halogens is 1. The van der Waals surface area contributed by atoms with Gasteiger partial charge in [-0.25, -0.2) is 4.98 Å². The van der Waals surface area contributed by atoms with Gasteiger partial charge < -0.3 is 9.64 Å². The molecule has 3 rings (SSSR count). The predicted octanol–water partition coefficient (Wildman–Crippen LogP) is 2.91. The minimum absolute atomic E-state index is 0.0662. The number of hydrogen-bond acceptors (Lipinski definition) is 4. The van der Waals surface area contributed by atoms with Gasteiger partial charge in [-0.15, -0.1) is 0 Å². The van der Waals surface area contributed by atoms with Crippen LogP contribution in [0.5, 0.6) is 5.88 Å². The Hall–Kier alpha value is -2.84. The van der Waals surface area contributed by atoms with Crippen LogP contribution in [0, 0.1) is 11.3 Å². The summed E-state index contributed by atoms with van der Waals surface area (Å²) in [5.41, 5.74) is 1.41. The van der Waals surface area contributed by atoms with Crippen LogP contribution in [0.25, 0.3) is 6.08 Å². The average molecular weight is 340 g/mol. The monoisotopic (exact) mass is 339 g/mol. The highest BCUT2D eigenvalue weighted by molar-refractivity contribution is 6.30. The molecule has 0 atom stereocenters. The highest BCUT2D eigenvalue weighted by Gasteiger charge is 2.31. The Balaban J connectivity index is 1.50. The van der Waals surface area contributed by atoms with Gasteiger partial charge in [-0.1, -0.05) is 23.7 Å². The van der Waals surface area contributed by atoms with E-state index in [4.69, 9.17) is 21.6 Å². The summed E-state index contributed by atoms with van der Waals surface area (Å²) in [6, 6.07) is 12.5. The van der Waals surface area contributed by atoms with E-state index in [0.717, 1.165) is 5.56 Å². The number of hydrogen-bond donors (Lipinski definition) is 0. The molecule has 120 valence electrons. The normalized spacial score (nSPS) is 14.2. The fourth-order valence-corrected chi connectivity index (χ4v) is 2.38. The van der Waals surface area contributed by atoms with Crippen molar-refractivity contribution >= 4 is 23.6 Å². The summed E-state index contributed by atoms with van der Waals surface area (Å²) in [6.07, 6.45) is 4.72. The van der Waals surface area contributed by atoms with Gasteiger partial charge in [0, 0.05) is 23.4 Å². The zero-order valence-electron chi connectivity index (χ0n) is 12.7. The van der Waals surface area contributed by atoms with Crippen molar-refractivity contribution in [2.45, 2.75) is 6.10 Å². The Morgan fingerprint density at radius 2 is 2.08 bits per heavy atom. The van der Waals surface area contributed by atoms with E-state index in [1.807, 2.05) is 18.2 Å². The molecule has 2 aromatic rings. The van der Waals surface area contributed by atoms with E-state index >= 15 is 0 Å². The average Bonchev–Trinajstić information content (AvgIpc) is 2.57. The fraction of sp³-hybridized carbons (Fsp3) is 0.167. The minimum Gasteiger partial charge on any atom is -0.471 e. The van der Waals surface area contributed by atoms with Crippen LogP contribution >= 0.6 is 11.6 Å². The van der Waals surface area contributed by atoms with Gasteiger partial charge in [0.1, 0.15) is 6.10 Å². The van der Waals surface area contributed by atoms with Crippen molar-refractivity contribution in [3.05, 3.63) is 64.8 Å². The van der Waals surface area contributed by atoms with E-state index < -0.39 is 0 Å². The number of benzene rings is 1. The van der Waals surface area contributed by atoms with Crippen LogP contribution in [-0.2, 0) is 4.79 Å². The molecule has 1 aliphatic rings. The first kappa shape index (κ1) is 16.0. The van der Waals surface area contributed by atoms with Gasteiger partial charge in [-0.05, 0) is 29.8 Å². The summed E-state index contributed by atoms with van der Waals surface area (Å²) in [4.78, 5) is 17.8. The largest absolute Gasteiger partial charge is 0.471 e. The number of carbonyl (C=O) groups is 1. The van der Waals surface area contributed by atoms with Crippen molar-refractivity contribution in [3.8, 4) is 11.9 Å². The molecule has 1 saturated heterocycles. The summed E-state index contributed by atoms with van der Waals surface area (Å²) >= 11 is 5.82. The zero-order chi connectivity index (χ0) is 16.9. The third-order valence-corrected chi connectivity index (χ3v) is 3.85. The standard InChI is InChI=1S/C18H14ClN3O2/c19-15-4-1-13(2-5-15)3-6-18(23)22-11-16(12-22)24-17-9-14(10-20)7-8-21-17/h1-9,16H,11-12H2/b6-3+. The van der Waals surface area contributed by atoms with E-state index in [-0.39, 0.29) is 12.0 Å². The molecule has 0 unspecified atom stereocenters. The SMILES string of the molecule is N#Cc1ccnc(OC2CN(C(=O)/C=C/c3ccc(Cl)cc3)C2)c1. The van der Waals surface area contributed by atoms with Gasteiger partial charge in [-0.3, -0.25) is 4.79 Å². The maximum atomic E-state index is 12.1. The first-order valence-electron chi connectivity index (χ1n) is 7.39. The molecule has 2 heterocycles. The molecule has 0 radical (unpaired) electrons. The van der Waals surface area contributed by atoms with Gasteiger partial charge in [0.05, 0.1) is 24.7 Å². The molecule has 0 aliphatic carbocycles. The second-order valence-electron chi connectivity index (χ2n) is 5.36. The number of amides is 1. The summed E-state index contributed by atoms with van der Waals surface area (Å²) in [5, 5.41) is 9.51. The van der Waals surface area contributed by atoms with Crippen LogP contribution in [0.1, 0.15) is 11.1 Å². The highest BCUT2D eigenvalue weighted by Crippen LogP contribution is 2.18. The molecule has 0 saturated carbocycles. The van der Waals surface area contributed by atoms with E-state index in [0.29, 0.717) is 29.6 Å². The topological polar surface area (TPSA) is 66.2 Å². The van der Waals surface area contributed by atoms with E-state index in [1.165, 1.54) is 12.3 Å². The highest BCUT2D eigenvalue weighted by atomic mass is 35.5. The Bertz CT molecular complexity index is 806. The molecule has 1 aromatic heterocycles. The van der Waals surface area contributed by atoms with Crippen LogP contribution < -0.4 is 4.74 Å². The number of nitrogens with zero attached hydrogens (tertiary/aromatic N) is 3. The van der Waals surface area contributed by atoms with Crippen molar-refractivity contribution in [1.82, 2.24) is 9.88 Å². The van der Waals surface area contributed by atoms with Gasteiger partial charge in [0.2, 0.25) is 11.8 Å². The van der Waals surface area contributed by atoms with Crippen molar-refractivity contribution in [2.24, 2.45) is 0 Å². The second kappa shape index (κ2) is 7.16. The lowest BCUT2D eigenvalue weighted by atomic mass is 10.1. The smallest absolute Gasteiger partial charge is 0.246 e. The number of carbonyl (C=O) groups excluding carboxylic acids is 1. The Kier molecular flexibility index (Phi) is 4.78. The third-order valence-electron chi connectivity index (χ3n) is 3.60. The minimum atomic E-state index is -0.0978. The molecule has 0 spiro atoms. The molecule has 5 nitrogen and oxygen atoms in total. The number of ether oxygens (including phenoxy) is 1. The fourth-order valence-electron chi connectivity index (χ4n) is 2.25. The van der Waals surface area contributed by atoms with Crippen LogP contribution in [0.15, 0.2) is 48.7 Å². The van der Waals surface area contributed by atoms with Crippen LogP contribution in [0.4, 0.5) is 0 Å². The Morgan fingerprint density at radius 1 is 1.33 bits per heavy atom.